The summed E-state index contributed by atoms with van der Waals surface area (Å²) in [6.07, 6.45) is 0.732. The first kappa shape index (κ1) is 13.0. The van der Waals surface area contributed by atoms with Crippen molar-refractivity contribution in [3.8, 4) is 0 Å². The van der Waals surface area contributed by atoms with Crippen molar-refractivity contribution in [1.82, 2.24) is 0 Å². The molecule has 1 amide bonds. The van der Waals surface area contributed by atoms with Gasteiger partial charge in [-0.05, 0) is 36.6 Å². The second-order valence-corrected chi connectivity index (χ2v) is 6.76. The van der Waals surface area contributed by atoms with E-state index in [0.29, 0.717) is 12.1 Å². The maximum absolute atomic E-state index is 12.7. The number of carbonyl (C=O) groups is 1. The minimum absolute atomic E-state index is 0.0871. The smallest absolute Gasteiger partial charge is 0.224 e. The first-order valence-corrected chi connectivity index (χ1v) is 7.52. The Morgan fingerprint density at radius 2 is 2.00 bits per heavy atom. The van der Waals surface area contributed by atoms with Crippen molar-refractivity contribution in [2.75, 3.05) is 16.8 Å². The van der Waals surface area contributed by atoms with E-state index in [4.69, 9.17) is 0 Å². The van der Waals surface area contributed by atoms with Crippen molar-refractivity contribution in [2.24, 2.45) is 5.92 Å². The van der Waals surface area contributed by atoms with Crippen molar-refractivity contribution in [2.45, 2.75) is 12.8 Å². The molecule has 0 radical (unpaired) electrons. The van der Waals surface area contributed by atoms with Gasteiger partial charge in [0.15, 0.2) is 9.84 Å². The minimum Gasteiger partial charge on any atom is -0.326 e. The number of halogens is 1. The highest BCUT2D eigenvalue weighted by Crippen LogP contribution is 2.22. The fourth-order valence-electron chi connectivity index (χ4n) is 2.04. The Labute approximate surface area is 105 Å². The van der Waals surface area contributed by atoms with E-state index in [0.717, 1.165) is 0 Å². The lowest BCUT2D eigenvalue weighted by Gasteiger charge is -2.08. The van der Waals surface area contributed by atoms with E-state index >= 15 is 0 Å². The van der Waals surface area contributed by atoms with Gasteiger partial charge in [-0.3, -0.25) is 4.79 Å². The number of hydrogen-bond donors (Lipinski definition) is 1. The van der Waals surface area contributed by atoms with Gasteiger partial charge in [0.25, 0.3) is 0 Å². The number of carbonyl (C=O) groups excluding carboxylic acids is 1. The zero-order chi connectivity index (χ0) is 13.2. The van der Waals surface area contributed by atoms with Gasteiger partial charge in [0.2, 0.25) is 5.91 Å². The Hall–Kier alpha value is -1.43. The van der Waals surface area contributed by atoms with Crippen LogP contribution in [0.3, 0.4) is 0 Å². The lowest BCUT2D eigenvalue weighted by atomic mass is 10.1. The summed E-state index contributed by atoms with van der Waals surface area (Å²) in [4.78, 5) is 11.7. The van der Waals surface area contributed by atoms with E-state index in [-0.39, 0.29) is 35.6 Å². The van der Waals surface area contributed by atoms with Crippen LogP contribution in [0.25, 0.3) is 0 Å². The molecule has 0 spiro atoms. The third-order valence-corrected chi connectivity index (χ3v) is 4.77. The van der Waals surface area contributed by atoms with Crippen molar-refractivity contribution < 1.29 is 17.6 Å². The summed E-state index contributed by atoms with van der Waals surface area (Å²) in [7, 11) is -2.95. The monoisotopic (exact) mass is 271 g/mol. The number of benzene rings is 1. The van der Waals surface area contributed by atoms with Gasteiger partial charge in [-0.15, -0.1) is 0 Å². The molecule has 1 aliphatic heterocycles. The molecule has 0 saturated carbocycles. The fourth-order valence-corrected chi connectivity index (χ4v) is 3.90. The number of hydrogen-bond acceptors (Lipinski definition) is 3. The van der Waals surface area contributed by atoms with E-state index in [9.17, 15) is 17.6 Å². The minimum atomic E-state index is -2.95. The van der Waals surface area contributed by atoms with Crippen LogP contribution in [-0.4, -0.2) is 25.8 Å². The Morgan fingerprint density at radius 3 is 2.56 bits per heavy atom. The molecular weight excluding hydrogens is 257 g/mol. The summed E-state index contributed by atoms with van der Waals surface area (Å²) in [5.74, 6) is -0.445. The molecule has 1 aliphatic rings. The fraction of sp³-hybridized carbons (Fsp3) is 0.417. The Bertz CT molecular complexity index is 539. The van der Waals surface area contributed by atoms with Crippen molar-refractivity contribution in [3.05, 3.63) is 30.1 Å². The van der Waals surface area contributed by atoms with Gasteiger partial charge in [-0.25, -0.2) is 12.8 Å². The Kier molecular flexibility index (Phi) is 3.65. The molecule has 18 heavy (non-hydrogen) atoms. The van der Waals surface area contributed by atoms with E-state index in [1.165, 1.54) is 24.3 Å². The van der Waals surface area contributed by atoms with Crippen molar-refractivity contribution in [1.29, 1.82) is 0 Å². The number of rotatable bonds is 3. The molecule has 98 valence electrons. The highest BCUT2D eigenvalue weighted by atomic mass is 32.2. The van der Waals surface area contributed by atoms with Crippen LogP contribution in [0.2, 0.25) is 0 Å². The zero-order valence-electron chi connectivity index (χ0n) is 9.73. The normalized spacial score (nSPS) is 21.7. The molecule has 0 bridgehead atoms. The number of nitrogens with one attached hydrogen (secondary N) is 1. The third kappa shape index (κ3) is 3.53. The van der Waals surface area contributed by atoms with Gasteiger partial charge in [0.1, 0.15) is 5.82 Å². The summed E-state index contributed by atoms with van der Waals surface area (Å²) >= 11 is 0. The topological polar surface area (TPSA) is 63.2 Å². The number of sulfone groups is 1. The van der Waals surface area contributed by atoms with Crippen molar-refractivity contribution >= 4 is 21.4 Å². The quantitative estimate of drug-likeness (QED) is 0.908. The van der Waals surface area contributed by atoms with E-state index in [1.807, 2.05) is 0 Å². The molecule has 1 heterocycles. The first-order chi connectivity index (χ1) is 8.44. The largest absolute Gasteiger partial charge is 0.326 e. The van der Waals surface area contributed by atoms with Crippen LogP contribution in [0.15, 0.2) is 24.3 Å². The van der Waals surface area contributed by atoms with Crippen LogP contribution >= 0.6 is 0 Å². The zero-order valence-corrected chi connectivity index (χ0v) is 10.5. The molecule has 1 N–H and O–H groups in total. The molecule has 4 nitrogen and oxygen atoms in total. The van der Waals surface area contributed by atoms with Gasteiger partial charge < -0.3 is 5.32 Å². The first-order valence-electron chi connectivity index (χ1n) is 5.70. The molecular formula is C12H14FNO3S. The molecule has 0 aromatic heterocycles. The maximum atomic E-state index is 12.7. The molecule has 0 unspecified atom stereocenters. The van der Waals surface area contributed by atoms with Crippen molar-refractivity contribution in [3.63, 3.8) is 0 Å². The molecule has 1 aromatic rings. The predicted molar refractivity (Wildman–Crippen MR) is 66.4 cm³/mol. The number of amides is 1. The van der Waals surface area contributed by atoms with Crippen LogP contribution in [0.1, 0.15) is 12.8 Å². The summed E-state index contributed by atoms with van der Waals surface area (Å²) in [6, 6.07) is 5.46. The standard InChI is InChI=1S/C12H14FNO3S/c13-10-1-3-11(4-2-10)14-12(15)7-9-5-6-18(16,17)8-9/h1-4,9H,5-8H2,(H,14,15)/t9-/m0/s1. The maximum Gasteiger partial charge on any atom is 0.224 e. The van der Waals surface area contributed by atoms with E-state index in [2.05, 4.69) is 5.32 Å². The Balaban J connectivity index is 1.88. The molecule has 1 fully saturated rings. The van der Waals surface area contributed by atoms with Gasteiger partial charge in [0, 0.05) is 12.1 Å². The lowest BCUT2D eigenvalue weighted by Crippen LogP contribution is -2.17. The second kappa shape index (κ2) is 5.06. The summed E-state index contributed by atoms with van der Waals surface area (Å²) in [5, 5.41) is 2.62. The molecule has 2 rings (SSSR count). The summed E-state index contributed by atoms with van der Waals surface area (Å²) in [5.41, 5.74) is 0.516. The second-order valence-electron chi connectivity index (χ2n) is 4.53. The van der Waals surface area contributed by atoms with Gasteiger partial charge in [0.05, 0.1) is 11.5 Å². The van der Waals surface area contributed by atoms with Gasteiger partial charge >= 0.3 is 0 Å². The van der Waals surface area contributed by atoms with E-state index in [1.54, 1.807) is 0 Å². The molecule has 6 heteroatoms. The molecule has 1 saturated heterocycles. The summed E-state index contributed by atoms with van der Waals surface area (Å²) < 4.78 is 35.1. The number of anilines is 1. The SMILES string of the molecule is O=C(C[C@@H]1CCS(=O)(=O)C1)Nc1ccc(F)cc1. The summed E-state index contributed by atoms with van der Waals surface area (Å²) in [6.45, 7) is 0. The van der Waals surface area contributed by atoms with Gasteiger partial charge in [-0.2, -0.15) is 0 Å². The highest BCUT2D eigenvalue weighted by molar-refractivity contribution is 7.91. The lowest BCUT2D eigenvalue weighted by molar-refractivity contribution is -0.116. The third-order valence-electron chi connectivity index (χ3n) is 2.93. The van der Waals surface area contributed by atoms with Gasteiger partial charge in [-0.1, -0.05) is 0 Å². The molecule has 1 atom stereocenters. The predicted octanol–water partition coefficient (Wildman–Crippen LogP) is 1.59. The van der Waals surface area contributed by atoms with E-state index < -0.39 is 9.84 Å². The van der Waals surface area contributed by atoms with Crippen LogP contribution in [0, 0.1) is 11.7 Å². The van der Waals surface area contributed by atoms with Crippen LogP contribution < -0.4 is 5.32 Å². The Morgan fingerprint density at radius 1 is 1.33 bits per heavy atom. The van der Waals surface area contributed by atoms with Crippen LogP contribution in [-0.2, 0) is 14.6 Å². The molecule has 1 aromatic carbocycles. The average molecular weight is 271 g/mol. The highest BCUT2D eigenvalue weighted by Gasteiger charge is 2.29. The van der Waals surface area contributed by atoms with Crippen LogP contribution in [0.4, 0.5) is 10.1 Å². The molecule has 0 aliphatic carbocycles. The van der Waals surface area contributed by atoms with Crippen LogP contribution in [0.5, 0.6) is 0 Å². The average Bonchev–Trinajstić information content (AvgIpc) is 2.61.